The first kappa shape index (κ1) is 23.3. The number of aliphatic hydroxyl groups is 1. The molecule has 0 bridgehead atoms. The van der Waals surface area contributed by atoms with Gasteiger partial charge in [-0.3, -0.25) is 4.79 Å². The Morgan fingerprint density at radius 3 is 1.69 bits per heavy atom. The van der Waals surface area contributed by atoms with Crippen LogP contribution >= 0.6 is 0 Å². The summed E-state index contributed by atoms with van der Waals surface area (Å²) in [5, 5.41) is 12.6. The van der Waals surface area contributed by atoms with E-state index in [9.17, 15) is 9.90 Å². The van der Waals surface area contributed by atoms with Gasteiger partial charge >= 0.3 is 5.97 Å². The van der Waals surface area contributed by atoms with Gasteiger partial charge < -0.3 is 14.3 Å². The minimum atomic E-state index is -2.71. The number of aliphatic hydroxyl groups excluding tert-OH is 1. The Labute approximate surface area is 176 Å². The monoisotopic (exact) mass is 414 g/mol. The highest BCUT2D eigenvalue weighted by Crippen LogP contribution is 2.36. The average Bonchev–Trinajstić information content (AvgIpc) is 2.66. The first-order valence-corrected chi connectivity index (χ1v) is 12.0. The Morgan fingerprint density at radius 1 is 0.862 bits per heavy atom. The second kappa shape index (κ2) is 9.24. The first-order chi connectivity index (χ1) is 13.5. The van der Waals surface area contributed by atoms with Crippen molar-refractivity contribution in [1.29, 1.82) is 0 Å². The fraction of sp³-hybridized carbons (Fsp3) is 0.458. The largest absolute Gasteiger partial charge is 0.462 e. The van der Waals surface area contributed by atoms with Crippen LogP contribution in [0.3, 0.4) is 0 Å². The van der Waals surface area contributed by atoms with E-state index in [2.05, 4.69) is 45.0 Å². The molecule has 2 aromatic rings. The molecule has 29 heavy (non-hydrogen) atoms. The van der Waals surface area contributed by atoms with E-state index < -0.39 is 19.8 Å². The second-order valence-electron chi connectivity index (χ2n) is 9.48. The predicted octanol–water partition coefficient (Wildman–Crippen LogP) is 3.51. The summed E-state index contributed by atoms with van der Waals surface area (Å²) in [7, 11) is -2.71. The molecule has 0 aliphatic heterocycles. The highest BCUT2D eigenvalue weighted by atomic mass is 28.4. The molecule has 158 valence electrons. The smallest absolute Gasteiger partial charge is 0.311 e. The van der Waals surface area contributed by atoms with Crippen molar-refractivity contribution in [2.45, 2.75) is 52.7 Å². The normalized spacial score (nSPS) is 13.8. The maximum absolute atomic E-state index is 12.0. The SMILES string of the molecule is CC(C)(C)C(=O)OC[C@@H](O)CO[Si](c1ccccc1)(c1ccccc1)C(C)(C)C. The van der Waals surface area contributed by atoms with Crippen LogP contribution in [0.25, 0.3) is 0 Å². The molecule has 1 atom stereocenters. The molecule has 2 aromatic carbocycles. The Bertz CT molecular complexity index is 737. The number of esters is 1. The van der Waals surface area contributed by atoms with Crippen LogP contribution in [0.1, 0.15) is 41.5 Å². The van der Waals surface area contributed by atoms with E-state index >= 15 is 0 Å². The molecule has 0 amide bonds. The Kier molecular flexibility index (Phi) is 7.43. The third kappa shape index (κ3) is 5.56. The first-order valence-electron chi connectivity index (χ1n) is 10.1. The summed E-state index contributed by atoms with van der Waals surface area (Å²) in [4.78, 5) is 12.0. The van der Waals surface area contributed by atoms with Gasteiger partial charge in [-0.2, -0.15) is 0 Å². The fourth-order valence-corrected chi connectivity index (χ4v) is 8.02. The molecule has 0 saturated heterocycles. The summed E-state index contributed by atoms with van der Waals surface area (Å²) < 4.78 is 11.9. The van der Waals surface area contributed by atoms with Crippen LogP contribution in [0.2, 0.25) is 5.04 Å². The van der Waals surface area contributed by atoms with Crippen molar-refractivity contribution in [3.05, 3.63) is 60.7 Å². The van der Waals surface area contributed by atoms with Crippen molar-refractivity contribution in [1.82, 2.24) is 0 Å². The fourth-order valence-electron chi connectivity index (χ4n) is 3.42. The molecule has 0 aliphatic rings. The van der Waals surface area contributed by atoms with Gasteiger partial charge in [-0.15, -0.1) is 0 Å². The highest BCUT2D eigenvalue weighted by molar-refractivity contribution is 6.99. The van der Waals surface area contributed by atoms with Gasteiger partial charge in [-0.25, -0.2) is 0 Å². The molecule has 0 radical (unpaired) electrons. The zero-order valence-electron chi connectivity index (χ0n) is 18.4. The molecular weight excluding hydrogens is 380 g/mol. The van der Waals surface area contributed by atoms with E-state index in [1.54, 1.807) is 20.8 Å². The predicted molar refractivity (Wildman–Crippen MR) is 120 cm³/mol. The number of carbonyl (C=O) groups is 1. The van der Waals surface area contributed by atoms with Crippen LogP contribution in [0.4, 0.5) is 0 Å². The van der Waals surface area contributed by atoms with Crippen LogP contribution < -0.4 is 10.4 Å². The number of ether oxygens (including phenoxy) is 1. The van der Waals surface area contributed by atoms with E-state index in [1.807, 2.05) is 36.4 Å². The van der Waals surface area contributed by atoms with Crippen LogP contribution in [0.15, 0.2) is 60.7 Å². The zero-order chi connectivity index (χ0) is 21.7. The lowest BCUT2D eigenvalue weighted by atomic mass is 9.97. The maximum atomic E-state index is 12.0. The third-order valence-corrected chi connectivity index (χ3v) is 9.93. The van der Waals surface area contributed by atoms with E-state index in [4.69, 9.17) is 9.16 Å². The summed E-state index contributed by atoms with van der Waals surface area (Å²) in [6, 6.07) is 20.5. The highest BCUT2D eigenvalue weighted by Gasteiger charge is 2.50. The van der Waals surface area contributed by atoms with Gasteiger partial charge in [0, 0.05) is 0 Å². The molecule has 5 heteroatoms. The van der Waals surface area contributed by atoms with Crippen LogP contribution in [-0.4, -0.2) is 38.7 Å². The molecule has 0 aliphatic carbocycles. The summed E-state index contributed by atoms with van der Waals surface area (Å²) >= 11 is 0. The lowest BCUT2D eigenvalue weighted by Gasteiger charge is -2.43. The molecule has 0 fully saturated rings. The number of carbonyl (C=O) groups excluding carboxylic acids is 1. The molecular formula is C24H34O4Si. The van der Waals surface area contributed by atoms with Gasteiger partial charge in [-0.1, -0.05) is 81.4 Å². The number of rotatable bonds is 7. The van der Waals surface area contributed by atoms with Gasteiger partial charge in [0.1, 0.15) is 12.7 Å². The maximum Gasteiger partial charge on any atom is 0.311 e. The molecule has 1 N–H and O–H groups in total. The molecule has 0 heterocycles. The second-order valence-corrected chi connectivity index (χ2v) is 13.8. The minimum Gasteiger partial charge on any atom is -0.462 e. The number of benzene rings is 2. The Balaban J connectivity index is 2.31. The quantitative estimate of drug-likeness (QED) is 0.556. The zero-order valence-corrected chi connectivity index (χ0v) is 19.4. The molecule has 0 unspecified atom stereocenters. The number of hydrogen-bond acceptors (Lipinski definition) is 4. The van der Waals surface area contributed by atoms with Crippen molar-refractivity contribution in [3.8, 4) is 0 Å². The topological polar surface area (TPSA) is 55.8 Å². The molecule has 2 rings (SSSR count). The summed E-state index contributed by atoms with van der Waals surface area (Å²) in [6.45, 7) is 12.0. The van der Waals surface area contributed by atoms with Crippen molar-refractivity contribution < 1.29 is 19.1 Å². The van der Waals surface area contributed by atoms with Crippen LogP contribution in [0, 0.1) is 5.41 Å². The van der Waals surface area contributed by atoms with E-state index in [0.29, 0.717) is 0 Å². The van der Waals surface area contributed by atoms with Gasteiger partial charge in [0.05, 0.1) is 12.0 Å². The van der Waals surface area contributed by atoms with Crippen LogP contribution in [0.5, 0.6) is 0 Å². The Morgan fingerprint density at radius 2 is 1.31 bits per heavy atom. The van der Waals surface area contributed by atoms with E-state index in [1.165, 1.54) is 0 Å². The molecule has 0 spiro atoms. The van der Waals surface area contributed by atoms with Crippen molar-refractivity contribution >= 4 is 24.7 Å². The molecule has 0 aromatic heterocycles. The third-order valence-electron chi connectivity index (χ3n) is 4.93. The lowest BCUT2D eigenvalue weighted by Crippen LogP contribution is -2.67. The standard InChI is InChI=1S/C24H34O4Si/c1-23(2,3)22(26)27-17-19(25)18-28-29(24(4,5)6,20-13-9-7-10-14-20)21-15-11-8-12-16-21/h7-16,19,25H,17-18H2,1-6H3/t19-/m1/s1. The average molecular weight is 415 g/mol. The lowest BCUT2D eigenvalue weighted by molar-refractivity contribution is -0.156. The van der Waals surface area contributed by atoms with Gasteiger partial charge in [0.15, 0.2) is 0 Å². The van der Waals surface area contributed by atoms with Gasteiger partial charge in [0.2, 0.25) is 0 Å². The Hall–Kier alpha value is -1.95. The van der Waals surface area contributed by atoms with E-state index in [0.717, 1.165) is 10.4 Å². The van der Waals surface area contributed by atoms with Crippen molar-refractivity contribution in [2.24, 2.45) is 5.41 Å². The van der Waals surface area contributed by atoms with E-state index in [-0.39, 0.29) is 24.2 Å². The van der Waals surface area contributed by atoms with Crippen molar-refractivity contribution in [2.75, 3.05) is 13.2 Å². The van der Waals surface area contributed by atoms with Crippen LogP contribution in [-0.2, 0) is 14.0 Å². The molecule has 4 nitrogen and oxygen atoms in total. The minimum absolute atomic E-state index is 0.0751. The van der Waals surface area contributed by atoms with Gasteiger partial charge in [-0.05, 0) is 36.2 Å². The number of hydrogen-bond donors (Lipinski definition) is 1. The summed E-state index contributed by atoms with van der Waals surface area (Å²) in [5.41, 5.74) is -0.599. The summed E-state index contributed by atoms with van der Waals surface area (Å²) in [6.07, 6.45) is -0.886. The molecule has 0 saturated carbocycles. The van der Waals surface area contributed by atoms with Crippen molar-refractivity contribution in [3.63, 3.8) is 0 Å². The van der Waals surface area contributed by atoms with Gasteiger partial charge in [0.25, 0.3) is 8.32 Å². The summed E-state index contributed by atoms with van der Waals surface area (Å²) in [5.74, 6) is -0.331.